The molecule has 14 nitrogen and oxygen atoms in total. The minimum atomic E-state index is -1.14. The lowest BCUT2D eigenvalue weighted by molar-refractivity contribution is -0.158. The van der Waals surface area contributed by atoms with Crippen LogP contribution < -0.4 is 21.3 Å². The Morgan fingerprint density at radius 1 is 1.30 bits per heavy atom. The van der Waals surface area contributed by atoms with Gasteiger partial charge < -0.3 is 36.2 Å². The predicted octanol–water partition coefficient (Wildman–Crippen LogP) is -0.496. The van der Waals surface area contributed by atoms with Crippen LogP contribution in [0, 0.1) is 22.8 Å². The minimum Gasteiger partial charge on any atom is -0.477 e. The fraction of sp³-hybridized carbons (Fsp3) is 0.720. The first kappa shape index (κ1) is 28.5. The van der Waals surface area contributed by atoms with E-state index in [1.54, 1.807) is 6.92 Å². The summed E-state index contributed by atoms with van der Waals surface area (Å²) in [4.78, 5) is 54.8. The number of thioether (sulfide) groups is 1. The van der Waals surface area contributed by atoms with Gasteiger partial charge in [-0.05, 0) is 39.3 Å². The molecule has 4 saturated heterocycles. The highest BCUT2D eigenvalue weighted by Gasteiger charge is 2.60. The summed E-state index contributed by atoms with van der Waals surface area (Å²) >= 11 is 1.46. The standard InChI is InChI=1S/C25H37N9O5S/c1-13-19-18(14(2)31-17(35)9-28-12-30-32-26)23(37)34(19)20(24(38)39)21(13)40-15-7-16(29-8-15)22(36)33-10-25(11-33)3-5-27-6-4-25/h12-16,18-19,27,29H,3-11H2,1-2H3,(H,31,35)(H,38,39)(H2,26,28,30)/t13-,14-,15+,16+,18-,19?/m1/s1. The summed E-state index contributed by atoms with van der Waals surface area (Å²) < 4.78 is 0. The second-order valence-corrected chi connectivity index (χ2v) is 12.8. The van der Waals surface area contributed by atoms with E-state index in [4.69, 9.17) is 5.53 Å². The number of carboxylic acid groups (broad SMARTS) is 1. The third-order valence-electron chi connectivity index (χ3n) is 8.90. The molecule has 5 aliphatic rings. The highest BCUT2D eigenvalue weighted by atomic mass is 32.2. The van der Waals surface area contributed by atoms with Gasteiger partial charge in [0.25, 0.3) is 0 Å². The summed E-state index contributed by atoms with van der Waals surface area (Å²) in [5, 5.41) is 28.3. The summed E-state index contributed by atoms with van der Waals surface area (Å²) in [5.41, 5.74) is 6.88. The van der Waals surface area contributed by atoms with Crippen LogP contribution in [0.1, 0.15) is 33.1 Å². The van der Waals surface area contributed by atoms with Crippen molar-refractivity contribution in [2.75, 3.05) is 39.3 Å². The molecule has 5 aliphatic heterocycles. The molecule has 0 aromatic rings. The Morgan fingerprint density at radius 2 is 2.02 bits per heavy atom. The number of likely N-dealkylation sites (tertiary alicyclic amines) is 1. The van der Waals surface area contributed by atoms with Crippen molar-refractivity contribution in [1.29, 1.82) is 5.53 Å². The Morgan fingerprint density at radius 3 is 2.70 bits per heavy atom. The summed E-state index contributed by atoms with van der Waals surface area (Å²) in [6.07, 6.45) is 3.94. The van der Waals surface area contributed by atoms with E-state index in [9.17, 15) is 24.3 Å². The minimum absolute atomic E-state index is 0.0161. The van der Waals surface area contributed by atoms with E-state index in [1.807, 2.05) is 11.8 Å². The first-order valence-corrected chi connectivity index (χ1v) is 14.6. The van der Waals surface area contributed by atoms with E-state index in [0.29, 0.717) is 17.9 Å². The molecule has 6 N–H and O–H groups in total. The number of fused-ring (bicyclic) bond motifs is 1. The molecule has 1 spiro atoms. The number of carbonyl (C=O) groups excluding carboxylic acids is 3. The van der Waals surface area contributed by atoms with Crippen LogP contribution in [0.2, 0.25) is 0 Å². The number of rotatable bonds is 10. The monoisotopic (exact) mass is 575 g/mol. The Hall–Kier alpha value is -3.04. The van der Waals surface area contributed by atoms with Crippen molar-refractivity contribution in [3.63, 3.8) is 0 Å². The molecule has 4 fully saturated rings. The van der Waals surface area contributed by atoms with Crippen molar-refractivity contribution in [2.45, 2.75) is 56.5 Å². The van der Waals surface area contributed by atoms with Crippen molar-refractivity contribution < 1.29 is 24.3 Å². The first-order chi connectivity index (χ1) is 19.2. The van der Waals surface area contributed by atoms with Gasteiger partial charge in [-0.25, -0.2) is 4.79 Å². The molecule has 1 unspecified atom stereocenters. The van der Waals surface area contributed by atoms with Crippen molar-refractivity contribution in [1.82, 2.24) is 31.1 Å². The molecule has 40 heavy (non-hydrogen) atoms. The zero-order valence-corrected chi connectivity index (χ0v) is 23.5. The lowest BCUT2D eigenvalue weighted by Gasteiger charge is -2.53. The van der Waals surface area contributed by atoms with Crippen LogP contribution in [0.3, 0.4) is 0 Å². The maximum atomic E-state index is 13.2. The molecule has 0 bridgehead atoms. The molecule has 5 heterocycles. The number of β-lactam (4-membered cyclic amide) rings is 1. The van der Waals surface area contributed by atoms with E-state index in [1.165, 1.54) is 16.7 Å². The largest absolute Gasteiger partial charge is 0.477 e. The number of aliphatic carboxylic acids is 1. The highest BCUT2D eigenvalue weighted by Crippen LogP contribution is 2.52. The van der Waals surface area contributed by atoms with Crippen LogP contribution >= 0.6 is 11.8 Å². The average Bonchev–Trinajstić information content (AvgIpc) is 3.47. The Labute approximate surface area is 236 Å². The number of nitrogens with zero attached hydrogens (tertiary/aromatic N) is 4. The summed E-state index contributed by atoms with van der Waals surface area (Å²) in [5.74, 6) is -2.46. The molecule has 5 rings (SSSR count). The topological polar surface area (TPSA) is 192 Å². The summed E-state index contributed by atoms with van der Waals surface area (Å²) in [6.45, 7) is 7.79. The Kier molecular flexibility index (Phi) is 8.15. The SMILES string of the molecule is C[C@H]1C(S[C@@H]2CN[C@H](C(=O)N3CC4(CCNCC4)C3)C2)=C(C(=O)O)N2C(=O)[C@H]([C@@H](C)NC(=O)CN/C=N\N=N)C12. The van der Waals surface area contributed by atoms with E-state index < -0.39 is 17.9 Å². The first-order valence-electron chi connectivity index (χ1n) is 13.8. The maximum absolute atomic E-state index is 13.2. The second-order valence-electron chi connectivity index (χ2n) is 11.5. The number of carboxylic acids is 1. The highest BCUT2D eigenvalue weighted by molar-refractivity contribution is 8.03. The quantitative estimate of drug-likeness (QED) is 0.0655. The predicted molar refractivity (Wildman–Crippen MR) is 146 cm³/mol. The molecule has 6 atom stereocenters. The zero-order valence-electron chi connectivity index (χ0n) is 22.7. The molecule has 0 aliphatic carbocycles. The third kappa shape index (κ3) is 5.21. The van der Waals surface area contributed by atoms with Crippen molar-refractivity contribution in [2.24, 2.45) is 27.6 Å². The molecule has 15 heteroatoms. The Bertz CT molecular complexity index is 1130. The number of nitrogens with one attached hydrogen (secondary N) is 5. The van der Waals surface area contributed by atoms with Gasteiger partial charge in [0.1, 0.15) is 12.0 Å². The molecule has 218 valence electrons. The van der Waals surface area contributed by atoms with Crippen molar-refractivity contribution in [3.8, 4) is 0 Å². The molecular formula is C25H37N9O5S. The van der Waals surface area contributed by atoms with Gasteiger partial charge >= 0.3 is 5.97 Å². The van der Waals surface area contributed by atoms with Gasteiger partial charge in [-0.1, -0.05) is 12.1 Å². The number of hydrogen-bond acceptors (Lipinski definition) is 9. The average molecular weight is 576 g/mol. The third-order valence-corrected chi connectivity index (χ3v) is 10.4. The van der Waals surface area contributed by atoms with E-state index in [2.05, 4.69) is 31.6 Å². The summed E-state index contributed by atoms with van der Waals surface area (Å²) in [7, 11) is 0. The van der Waals surface area contributed by atoms with Crippen LogP contribution in [0.25, 0.3) is 0 Å². The molecule has 0 radical (unpaired) electrons. The van der Waals surface area contributed by atoms with Gasteiger partial charge in [0.2, 0.25) is 17.7 Å². The van der Waals surface area contributed by atoms with Crippen molar-refractivity contribution >= 4 is 41.8 Å². The van der Waals surface area contributed by atoms with Crippen LogP contribution in [0.4, 0.5) is 0 Å². The lowest BCUT2D eigenvalue weighted by Crippen LogP contribution is -2.66. The van der Waals surface area contributed by atoms with E-state index in [-0.39, 0.29) is 58.6 Å². The van der Waals surface area contributed by atoms with Gasteiger partial charge in [-0.3, -0.25) is 14.4 Å². The van der Waals surface area contributed by atoms with Crippen LogP contribution in [-0.2, 0) is 19.2 Å². The van der Waals surface area contributed by atoms with Gasteiger partial charge in [0.05, 0.1) is 24.5 Å². The molecular weight excluding hydrogens is 538 g/mol. The van der Waals surface area contributed by atoms with Crippen LogP contribution in [0.5, 0.6) is 0 Å². The normalized spacial score (nSPS) is 31.6. The van der Waals surface area contributed by atoms with Crippen molar-refractivity contribution in [3.05, 3.63) is 10.6 Å². The second kappa shape index (κ2) is 11.4. The molecule has 0 aromatic carbocycles. The smallest absolute Gasteiger partial charge is 0.353 e. The van der Waals surface area contributed by atoms with E-state index >= 15 is 0 Å². The van der Waals surface area contributed by atoms with Gasteiger partial charge in [0, 0.05) is 47.2 Å². The number of amides is 3. The lowest BCUT2D eigenvalue weighted by atomic mass is 9.72. The zero-order chi connectivity index (χ0) is 28.6. The summed E-state index contributed by atoms with van der Waals surface area (Å²) in [6, 6.07) is -1.14. The number of piperidine rings is 1. The van der Waals surface area contributed by atoms with E-state index in [0.717, 1.165) is 45.4 Å². The fourth-order valence-electron chi connectivity index (χ4n) is 6.87. The van der Waals surface area contributed by atoms with Gasteiger partial charge in [-0.2, -0.15) is 5.53 Å². The van der Waals surface area contributed by atoms with Gasteiger partial charge in [0.15, 0.2) is 0 Å². The van der Waals surface area contributed by atoms with Crippen LogP contribution in [0.15, 0.2) is 20.9 Å². The number of hydrogen-bond donors (Lipinski definition) is 6. The molecule has 0 aromatic heterocycles. The molecule has 3 amide bonds. The fourth-order valence-corrected chi connectivity index (χ4v) is 8.35. The molecule has 0 saturated carbocycles. The maximum Gasteiger partial charge on any atom is 0.353 e. The van der Waals surface area contributed by atoms with Crippen LogP contribution in [-0.4, -0.2) is 108 Å². The Balaban J connectivity index is 1.18. The number of carbonyl (C=O) groups is 4. The van der Waals surface area contributed by atoms with Gasteiger partial charge in [-0.15, -0.1) is 16.9 Å².